The first-order valence-electron chi connectivity index (χ1n) is 3.62. The van der Waals surface area contributed by atoms with Crippen LogP contribution in [0, 0.1) is 0 Å². The molecule has 0 heterocycles. The van der Waals surface area contributed by atoms with Crippen LogP contribution in [-0.4, -0.2) is 0 Å². The Morgan fingerprint density at radius 3 is 2.56 bits per heavy atom. The first kappa shape index (κ1) is 9.03. The monoisotopic (exact) mass is 146 g/mol. The summed E-state index contributed by atoms with van der Waals surface area (Å²) in [4.78, 5) is 0. The van der Waals surface area contributed by atoms with Crippen LogP contribution in [0.1, 0.15) is 39.5 Å². The zero-order valence-electron chi connectivity index (χ0n) is 6.28. The highest BCUT2D eigenvalue weighted by Crippen LogP contribution is 2.11. The Hall–Kier alpha value is 0.0300. The molecule has 0 amide bonds. The van der Waals surface area contributed by atoms with Gasteiger partial charge < -0.3 is 0 Å². The van der Waals surface area contributed by atoms with Crippen LogP contribution in [0.3, 0.4) is 0 Å². The minimum atomic E-state index is 1.00. The number of rotatable bonds is 4. The van der Waals surface area contributed by atoms with Gasteiger partial charge in [-0.25, -0.2) is 0 Å². The lowest BCUT2D eigenvalue weighted by Gasteiger charge is -1.94. The number of allylic oxidation sites excluding steroid dienone is 2. The second-order valence-electron chi connectivity index (χ2n) is 2.19. The molecule has 9 heavy (non-hydrogen) atoms. The third-order valence-corrected chi connectivity index (χ3v) is 1.74. The summed E-state index contributed by atoms with van der Waals surface area (Å²) in [7, 11) is 0. The van der Waals surface area contributed by atoms with Crippen LogP contribution in [0.5, 0.6) is 0 Å². The summed E-state index contributed by atoms with van der Waals surface area (Å²) in [5, 5.41) is 1.00. The Labute approximate surface area is 62.9 Å². The fourth-order valence-electron chi connectivity index (χ4n) is 0.688. The Morgan fingerprint density at radius 2 is 2.11 bits per heavy atom. The van der Waals surface area contributed by atoms with Crippen molar-refractivity contribution in [3.05, 3.63) is 11.1 Å². The van der Waals surface area contributed by atoms with Gasteiger partial charge in [0.2, 0.25) is 0 Å². The molecule has 0 fully saturated rings. The molecule has 0 N–H and O–H groups in total. The second kappa shape index (κ2) is 6.15. The van der Waals surface area contributed by atoms with E-state index in [0.29, 0.717) is 0 Å². The number of hydrogen-bond acceptors (Lipinski definition) is 0. The number of halogens is 1. The summed E-state index contributed by atoms with van der Waals surface area (Å²) in [5.41, 5.74) is 0. The zero-order chi connectivity index (χ0) is 7.11. The van der Waals surface area contributed by atoms with Crippen molar-refractivity contribution in [2.24, 2.45) is 0 Å². The molecule has 0 atom stereocenters. The van der Waals surface area contributed by atoms with Crippen molar-refractivity contribution in [2.75, 3.05) is 0 Å². The van der Waals surface area contributed by atoms with Crippen molar-refractivity contribution in [3.63, 3.8) is 0 Å². The molecule has 0 nitrogen and oxygen atoms in total. The largest absolute Gasteiger partial charge is 0.0895 e. The maximum absolute atomic E-state index is 5.76. The van der Waals surface area contributed by atoms with Gasteiger partial charge in [0.15, 0.2) is 0 Å². The van der Waals surface area contributed by atoms with E-state index >= 15 is 0 Å². The molecule has 54 valence electrons. The van der Waals surface area contributed by atoms with E-state index in [-0.39, 0.29) is 0 Å². The predicted octanol–water partition coefficient (Wildman–Crippen LogP) is 3.71. The third-order valence-electron chi connectivity index (χ3n) is 1.33. The van der Waals surface area contributed by atoms with Crippen LogP contribution >= 0.6 is 11.6 Å². The highest BCUT2D eigenvalue weighted by atomic mass is 35.5. The van der Waals surface area contributed by atoms with Crippen molar-refractivity contribution < 1.29 is 0 Å². The van der Waals surface area contributed by atoms with Crippen LogP contribution in [-0.2, 0) is 0 Å². The van der Waals surface area contributed by atoms with Gasteiger partial charge in [-0.2, -0.15) is 0 Å². The molecule has 0 bridgehead atoms. The summed E-state index contributed by atoms with van der Waals surface area (Å²) in [5.74, 6) is 0. The molecular formula is C8H15Cl. The van der Waals surface area contributed by atoms with Crippen LogP contribution in [0.15, 0.2) is 11.1 Å². The molecule has 0 aliphatic carbocycles. The Bertz CT molecular complexity index is 84.6. The van der Waals surface area contributed by atoms with E-state index in [1.54, 1.807) is 0 Å². The lowest BCUT2D eigenvalue weighted by molar-refractivity contribution is 0.724. The molecular weight excluding hydrogens is 132 g/mol. The van der Waals surface area contributed by atoms with Gasteiger partial charge >= 0.3 is 0 Å². The number of unbranched alkanes of at least 4 members (excludes halogenated alkanes) is 2. The number of hydrogen-bond donors (Lipinski definition) is 0. The molecule has 0 saturated heterocycles. The molecule has 0 aliphatic heterocycles. The molecule has 0 aromatic carbocycles. The Balaban J connectivity index is 3.07. The van der Waals surface area contributed by atoms with Gasteiger partial charge in [0.05, 0.1) is 0 Å². The lowest BCUT2D eigenvalue weighted by atomic mass is 10.2. The van der Waals surface area contributed by atoms with E-state index in [1.807, 2.05) is 13.0 Å². The quantitative estimate of drug-likeness (QED) is 0.531. The van der Waals surface area contributed by atoms with E-state index in [1.165, 1.54) is 19.3 Å². The fourth-order valence-corrected chi connectivity index (χ4v) is 0.822. The van der Waals surface area contributed by atoms with E-state index < -0.39 is 0 Å². The van der Waals surface area contributed by atoms with E-state index in [4.69, 9.17) is 11.6 Å². The normalized spacial score (nSPS) is 12.1. The summed E-state index contributed by atoms with van der Waals surface area (Å²) >= 11 is 5.76. The first-order valence-corrected chi connectivity index (χ1v) is 3.99. The van der Waals surface area contributed by atoms with E-state index in [0.717, 1.165) is 11.5 Å². The molecule has 0 unspecified atom stereocenters. The molecule has 1 heteroatoms. The summed E-state index contributed by atoms with van der Waals surface area (Å²) < 4.78 is 0. The maximum Gasteiger partial charge on any atom is 0.0138 e. The minimum absolute atomic E-state index is 1.00. The molecule has 0 rings (SSSR count). The SMILES string of the molecule is CC=C(Cl)CCCCC. The minimum Gasteiger partial charge on any atom is -0.0895 e. The van der Waals surface area contributed by atoms with E-state index in [2.05, 4.69) is 6.92 Å². The standard InChI is InChI=1S/C8H15Cl/c1-3-5-6-7-8(9)4-2/h4H,3,5-7H2,1-2H3. The Kier molecular flexibility index (Phi) is 6.18. The topological polar surface area (TPSA) is 0 Å². The van der Waals surface area contributed by atoms with Crippen LogP contribution in [0.4, 0.5) is 0 Å². The predicted molar refractivity (Wildman–Crippen MR) is 43.8 cm³/mol. The van der Waals surface area contributed by atoms with Crippen molar-refractivity contribution >= 4 is 11.6 Å². The highest BCUT2D eigenvalue weighted by molar-refractivity contribution is 6.29. The molecule has 0 saturated carbocycles. The molecule has 0 aromatic rings. The summed E-state index contributed by atoms with van der Waals surface area (Å²) in [6.07, 6.45) is 6.83. The van der Waals surface area contributed by atoms with Crippen molar-refractivity contribution in [1.29, 1.82) is 0 Å². The molecule has 0 aromatic heterocycles. The Morgan fingerprint density at radius 1 is 1.44 bits per heavy atom. The summed E-state index contributed by atoms with van der Waals surface area (Å²) in [6, 6.07) is 0. The molecule has 0 spiro atoms. The van der Waals surface area contributed by atoms with Gasteiger partial charge in [-0.3, -0.25) is 0 Å². The van der Waals surface area contributed by atoms with E-state index in [9.17, 15) is 0 Å². The van der Waals surface area contributed by atoms with Gasteiger partial charge in [-0.05, 0) is 19.8 Å². The first-order chi connectivity index (χ1) is 4.31. The van der Waals surface area contributed by atoms with Gasteiger partial charge in [0, 0.05) is 5.03 Å². The van der Waals surface area contributed by atoms with Gasteiger partial charge in [0.25, 0.3) is 0 Å². The van der Waals surface area contributed by atoms with Gasteiger partial charge in [-0.1, -0.05) is 37.4 Å². The van der Waals surface area contributed by atoms with Crippen molar-refractivity contribution in [2.45, 2.75) is 39.5 Å². The maximum atomic E-state index is 5.76. The summed E-state index contributed by atoms with van der Waals surface area (Å²) in [6.45, 7) is 4.18. The molecule has 0 aliphatic rings. The van der Waals surface area contributed by atoms with Crippen LogP contribution < -0.4 is 0 Å². The smallest absolute Gasteiger partial charge is 0.0138 e. The van der Waals surface area contributed by atoms with Crippen LogP contribution in [0.25, 0.3) is 0 Å². The average Bonchev–Trinajstić information content (AvgIpc) is 1.89. The van der Waals surface area contributed by atoms with Gasteiger partial charge in [-0.15, -0.1) is 0 Å². The van der Waals surface area contributed by atoms with Crippen molar-refractivity contribution in [1.82, 2.24) is 0 Å². The third kappa shape index (κ3) is 5.91. The fraction of sp³-hybridized carbons (Fsp3) is 0.750. The second-order valence-corrected chi connectivity index (χ2v) is 2.68. The zero-order valence-corrected chi connectivity index (χ0v) is 7.04. The average molecular weight is 147 g/mol. The highest BCUT2D eigenvalue weighted by Gasteiger charge is 1.88. The van der Waals surface area contributed by atoms with Crippen LogP contribution in [0.2, 0.25) is 0 Å². The van der Waals surface area contributed by atoms with Gasteiger partial charge in [0.1, 0.15) is 0 Å². The molecule has 0 radical (unpaired) electrons. The van der Waals surface area contributed by atoms with Crippen molar-refractivity contribution in [3.8, 4) is 0 Å². The lowest BCUT2D eigenvalue weighted by Crippen LogP contribution is -1.74.